The van der Waals surface area contributed by atoms with Gasteiger partial charge in [0.25, 0.3) is 5.91 Å². The highest BCUT2D eigenvalue weighted by atomic mass is 35.5. The van der Waals surface area contributed by atoms with E-state index in [1.807, 2.05) is 18.7 Å². The maximum absolute atomic E-state index is 12.7. The number of carbonyl (C=O) groups is 1. The van der Waals surface area contributed by atoms with Crippen molar-refractivity contribution >= 4 is 18.3 Å². The molecule has 0 spiro atoms. The first-order valence-electron chi connectivity index (χ1n) is 7.19. The summed E-state index contributed by atoms with van der Waals surface area (Å²) in [7, 11) is 0. The topological polar surface area (TPSA) is 58.4 Å². The summed E-state index contributed by atoms with van der Waals surface area (Å²) in [6.07, 6.45) is 4.19. The van der Waals surface area contributed by atoms with Crippen LogP contribution < -0.4 is 5.32 Å². The van der Waals surface area contributed by atoms with E-state index in [0.29, 0.717) is 35.5 Å². The molecule has 6 heteroatoms. The Hall–Kier alpha value is -1.07. The molecular formula is C14H22ClN3O2. The summed E-state index contributed by atoms with van der Waals surface area (Å²) in [6.45, 7) is 5.48. The predicted octanol–water partition coefficient (Wildman–Crippen LogP) is 1.93. The summed E-state index contributed by atoms with van der Waals surface area (Å²) in [5.41, 5.74) is 1.39. The summed E-state index contributed by atoms with van der Waals surface area (Å²) in [4.78, 5) is 14.7. The molecule has 3 rings (SSSR count). The van der Waals surface area contributed by atoms with Crippen molar-refractivity contribution in [3.05, 3.63) is 17.0 Å². The molecule has 2 atom stereocenters. The monoisotopic (exact) mass is 299 g/mol. The van der Waals surface area contributed by atoms with E-state index in [2.05, 4.69) is 10.5 Å². The highest BCUT2D eigenvalue weighted by Gasteiger charge is 2.33. The summed E-state index contributed by atoms with van der Waals surface area (Å²) < 4.78 is 5.24. The van der Waals surface area contributed by atoms with Gasteiger partial charge in [-0.2, -0.15) is 0 Å². The second-order valence-electron chi connectivity index (χ2n) is 5.60. The third-order valence-electron chi connectivity index (χ3n) is 4.28. The van der Waals surface area contributed by atoms with E-state index in [9.17, 15) is 4.79 Å². The van der Waals surface area contributed by atoms with Crippen molar-refractivity contribution in [1.82, 2.24) is 15.4 Å². The van der Waals surface area contributed by atoms with Crippen molar-refractivity contribution in [3.8, 4) is 0 Å². The van der Waals surface area contributed by atoms with Gasteiger partial charge in [0, 0.05) is 31.6 Å². The Labute approximate surface area is 125 Å². The number of fused-ring (bicyclic) bond motifs is 2. The fourth-order valence-electron chi connectivity index (χ4n) is 3.22. The summed E-state index contributed by atoms with van der Waals surface area (Å²) in [5.74, 6) is 0.801. The van der Waals surface area contributed by atoms with E-state index in [4.69, 9.17) is 4.52 Å². The van der Waals surface area contributed by atoms with Crippen molar-refractivity contribution < 1.29 is 9.32 Å². The van der Waals surface area contributed by atoms with Gasteiger partial charge < -0.3 is 14.7 Å². The van der Waals surface area contributed by atoms with Gasteiger partial charge in [-0.1, -0.05) is 12.1 Å². The first kappa shape index (κ1) is 15.3. The van der Waals surface area contributed by atoms with Crippen LogP contribution in [0.25, 0.3) is 0 Å². The van der Waals surface area contributed by atoms with Crippen LogP contribution in [0.3, 0.4) is 0 Å². The zero-order valence-electron chi connectivity index (χ0n) is 12.0. The average molecular weight is 300 g/mol. The Morgan fingerprint density at radius 1 is 1.40 bits per heavy atom. The number of rotatable bonds is 2. The zero-order chi connectivity index (χ0) is 13.4. The molecule has 0 saturated carbocycles. The van der Waals surface area contributed by atoms with Crippen molar-refractivity contribution in [2.75, 3.05) is 13.1 Å². The van der Waals surface area contributed by atoms with Crippen LogP contribution in [0.5, 0.6) is 0 Å². The molecule has 0 aliphatic carbocycles. The number of amides is 1. The molecule has 2 aliphatic rings. The summed E-state index contributed by atoms with van der Waals surface area (Å²) in [5, 5.41) is 7.53. The molecule has 1 aromatic heterocycles. The lowest BCUT2D eigenvalue weighted by atomic mass is 10.1. The Morgan fingerprint density at radius 3 is 2.90 bits per heavy atom. The van der Waals surface area contributed by atoms with Gasteiger partial charge >= 0.3 is 0 Å². The standard InChI is InChI=1S/C14H21N3O2.ClH/c1-3-12-13(9(2)16-19-12)14(18)17-7-6-10-4-5-11(8-17)15-10;/h10-11,15H,3-8H2,1-2H3;1H. The van der Waals surface area contributed by atoms with Gasteiger partial charge in [0.05, 0.1) is 5.69 Å². The molecule has 1 aromatic rings. The van der Waals surface area contributed by atoms with Gasteiger partial charge in [-0.05, 0) is 26.2 Å². The lowest BCUT2D eigenvalue weighted by Crippen LogP contribution is -2.39. The normalized spacial score (nSPS) is 25.2. The first-order valence-corrected chi connectivity index (χ1v) is 7.19. The Kier molecular flexibility index (Phi) is 4.70. The number of hydrogen-bond donors (Lipinski definition) is 1. The minimum atomic E-state index is 0. The molecule has 2 saturated heterocycles. The molecule has 3 heterocycles. The van der Waals surface area contributed by atoms with Crippen LogP contribution in [-0.4, -0.2) is 41.1 Å². The van der Waals surface area contributed by atoms with E-state index < -0.39 is 0 Å². The third kappa shape index (κ3) is 2.69. The number of hydrogen-bond acceptors (Lipinski definition) is 4. The lowest BCUT2D eigenvalue weighted by Gasteiger charge is -2.24. The smallest absolute Gasteiger partial charge is 0.259 e. The van der Waals surface area contributed by atoms with Gasteiger partial charge in [-0.15, -0.1) is 12.4 Å². The van der Waals surface area contributed by atoms with Crippen LogP contribution >= 0.6 is 12.4 Å². The van der Waals surface area contributed by atoms with Crippen molar-refractivity contribution in [1.29, 1.82) is 0 Å². The van der Waals surface area contributed by atoms with Crippen molar-refractivity contribution in [2.45, 2.75) is 51.6 Å². The van der Waals surface area contributed by atoms with Crippen molar-refractivity contribution in [2.24, 2.45) is 0 Å². The summed E-state index contributed by atoms with van der Waals surface area (Å²) >= 11 is 0. The van der Waals surface area contributed by atoms with E-state index in [1.54, 1.807) is 0 Å². The highest BCUT2D eigenvalue weighted by Crippen LogP contribution is 2.23. The average Bonchev–Trinajstić information content (AvgIpc) is 2.91. The molecule has 112 valence electrons. The molecule has 2 unspecified atom stereocenters. The number of aryl methyl sites for hydroxylation is 2. The number of nitrogens with one attached hydrogen (secondary N) is 1. The minimum absolute atomic E-state index is 0. The summed E-state index contributed by atoms with van der Waals surface area (Å²) in [6, 6.07) is 1.05. The number of halogens is 1. The second kappa shape index (κ2) is 6.14. The van der Waals surface area contributed by atoms with E-state index in [1.165, 1.54) is 12.8 Å². The van der Waals surface area contributed by atoms with Crippen LogP contribution in [0.4, 0.5) is 0 Å². The lowest BCUT2D eigenvalue weighted by molar-refractivity contribution is 0.0745. The van der Waals surface area contributed by atoms with Gasteiger partial charge in [0.15, 0.2) is 0 Å². The van der Waals surface area contributed by atoms with Gasteiger partial charge in [0.1, 0.15) is 11.3 Å². The molecule has 0 aromatic carbocycles. The maximum atomic E-state index is 12.7. The molecule has 20 heavy (non-hydrogen) atoms. The molecule has 0 radical (unpaired) electrons. The zero-order valence-corrected chi connectivity index (χ0v) is 12.8. The van der Waals surface area contributed by atoms with E-state index >= 15 is 0 Å². The van der Waals surface area contributed by atoms with E-state index in [-0.39, 0.29) is 18.3 Å². The van der Waals surface area contributed by atoms with Crippen molar-refractivity contribution in [3.63, 3.8) is 0 Å². The molecule has 1 N–H and O–H groups in total. The molecule has 2 bridgehead atoms. The highest BCUT2D eigenvalue weighted by molar-refractivity contribution is 5.96. The van der Waals surface area contributed by atoms with E-state index in [0.717, 1.165) is 19.5 Å². The number of likely N-dealkylation sites (tertiary alicyclic amines) is 1. The van der Waals surface area contributed by atoms with Gasteiger partial charge in [0.2, 0.25) is 0 Å². The Bertz CT molecular complexity index is 489. The quantitative estimate of drug-likeness (QED) is 0.906. The largest absolute Gasteiger partial charge is 0.360 e. The van der Waals surface area contributed by atoms with Gasteiger partial charge in [-0.25, -0.2) is 0 Å². The van der Waals surface area contributed by atoms with Gasteiger partial charge in [-0.3, -0.25) is 4.79 Å². The second-order valence-corrected chi connectivity index (χ2v) is 5.60. The van der Waals surface area contributed by atoms with Crippen LogP contribution in [0.15, 0.2) is 4.52 Å². The van der Waals surface area contributed by atoms with Crippen LogP contribution in [0, 0.1) is 6.92 Å². The Balaban J connectivity index is 0.00000147. The number of aromatic nitrogens is 1. The molecular weight excluding hydrogens is 278 g/mol. The predicted molar refractivity (Wildman–Crippen MR) is 78.3 cm³/mol. The fourth-order valence-corrected chi connectivity index (χ4v) is 3.22. The molecule has 2 fully saturated rings. The Morgan fingerprint density at radius 2 is 2.15 bits per heavy atom. The minimum Gasteiger partial charge on any atom is -0.360 e. The molecule has 2 aliphatic heterocycles. The number of carbonyl (C=O) groups excluding carboxylic acids is 1. The third-order valence-corrected chi connectivity index (χ3v) is 4.28. The molecule has 5 nitrogen and oxygen atoms in total. The first-order chi connectivity index (χ1) is 9.19. The fraction of sp³-hybridized carbons (Fsp3) is 0.714. The van der Waals surface area contributed by atoms with Crippen LogP contribution in [-0.2, 0) is 6.42 Å². The number of nitrogens with zero attached hydrogens (tertiary/aromatic N) is 2. The SMILES string of the molecule is CCc1onc(C)c1C(=O)N1CCC2CCC(C1)N2.Cl. The molecule has 1 amide bonds. The maximum Gasteiger partial charge on any atom is 0.259 e. The van der Waals surface area contributed by atoms with Crippen LogP contribution in [0.1, 0.15) is 48.0 Å². The van der Waals surface area contributed by atoms with Crippen LogP contribution in [0.2, 0.25) is 0 Å².